The Hall–Kier alpha value is -1.40. The first-order valence-corrected chi connectivity index (χ1v) is 7.86. The van der Waals surface area contributed by atoms with Crippen LogP contribution in [0.1, 0.15) is 10.6 Å². The van der Waals surface area contributed by atoms with E-state index in [0.717, 1.165) is 26.6 Å². The zero-order valence-electron chi connectivity index (χ0n) is 8.75. The summed E-state index contributed by atoms with van der Waals surface area (Å²) >= 11 is 1.49. The van der Waals surface area contributed by atoms with E-state index < -0.39 is 9.84 Å². The fraction of sp³-hybridized carbons (Fsp3) is 0.182. The van der Waals surface area contributed by atoms with Gasteiger partial charge in [-0.2, -0.15) is 0 Å². The molecule has 0 atom stereocenters. The number of fused-ring (bicyclic) bond motifs is 5. The van der Waals surface area contributed by atoms with Gasteiger partial charge in [-0.15, -0.1) is 0 Å². The van der Waals surface area contributed by atoms with Crippen molar-refractivity contribution in [2.75, 3.05) is 0 Å². The summed E-state index contributed by atoms with van der Waals surface area (Å²) in [7, 11) is -2.94. The highest BCUT2D eigenvalue weighted by atomic mass is 32.2. The van der Waals surface area contributed by atoms with E-state index in [4.69, 9.17) is 0 Å². The van der Waals surface area contributed by atoms with E-state index in [2.05, 4.69) is 4.98 Å². The van der Waals surface area contributed by atoms with Crippen molar-refractivity contribution in [3.05, 3.63) is 34.8 Å². The van der Waals surface area contributed by atoms with Crippen LogP contribution in [-0.4, -0.2) is 17.8 Å². The van der Waals surface area contributed by atoms with Crippen molar-refractivity contribution in [1.29, 1.82) is 0 Å². The molecule has 3 heterocycles. The Balaban J connectivity index is 2.18. The molecule has 4 nitrogen and oxygen atoms in total. The normalized spacial score (nSPS) is 17.9. The molecule has 0 radical (unpaired) electrons. The van der Waals surface area contributed by atoms with Gasteiger partial charge in [0.25, 0.3) is 0 Å². The predicted octanol–water partition coefficient (Wildman–Crippen LogP) is 1.98. The van der Waals surface area contributed by atoms with E-state index in [9.17, 15) is 8.42 Å². The number of sulfone groups is 1. The number of rotatable bonds is 0. The second-order valence-corrected chi connectivity index (χ2v) is 7.35. The highest BCUT2D eigenvalue weighted by Crippen LogP contribution is 2.35. The first-order valence-electron chi connectivity index (χ1n) is 5.22. The predicted molar refractivity (Wildman–Crippen MR) is 66.9 cm³/mol. The second-order valence-electron chi connectivity index (χ2n) is 4.22. The molecule has 0 saturated heterocycles. The van der Waals surface area contributed by atoms with Gasteiger partial charge < -0.3 is 0 Å². The van der Waals surface area contributed by atoms with Gasteiger partial charge in [0.15, 0.2) is 14.8 Å². The summed E-state index contributed by atoms with van der Waals surface area (Å²) in [5.41, 5.74) is 2.82. The minimum atomic E-state index is -2.94. The van der Waals surface area contributed by atoms with Crippen LogP contribution in [0.4, 0.5) is 0 Å². The SMILES string of the molecule is O=S1(=O)Cc2sc3nc4ccccc4n3c2C1. The molecule has 6 heteroatoms. The molecule has 0 aliphatic carbocycles. The fourth-order valence-electron chi connectivity index (χ4n) is 2.34. The lowest BCUT2D eigenvalue weighted by Crippen LogP contribution is -1.98. The largest absolute Gasteiger partial charge is 0.286 e. The van der Waals surface area contributed by atoms with E-state index in [0.29, 0.717) is 0 Å². The Morgan fingerprint density at radius 3 is 2.94 bits per heavy atom. The summed E-state index contributed by atoms with van der Waals surface area (Å²) in [4.78, 5) is 6.35. The zero-order chi connectivity index (χ0) is 11.6. The Bertz CT molecular complexity index is 858. The number of benzene rings is 1. The van der Waals surface area contributed by atoms with Crippen LogP contribution < -0.4 is 0 Å². The lowest BCUT2D eigenvalue weighted by atomic mass is 10.3. The molecular formula is C11H8N2O2S2. The van der Waals surface area contributed by atoms with Crippen molar-refractivity contribution in [2.24, 2.45) is 0 Å². The number of nitrogens with zero attached hydrogens (tertiary/aromatic N) is 2. The number of hydrogen-bond donors (Lipinski definition) is 0. The Labute approximate surface area is 101 Å². The summed E-state index contributed by atoms with van der Waals surface area (Å²) < 4.78 is 25.2. The van der Waals surface area contributed by atoms with Gasteiger partial charge in [-0.1, -0.05) is 23.5 Å². The molecular weight excluding hydrogens is 256 g/mol. The molecule has 4 rings (SSSR count). The van der Waals surface area contributed by atoms with Crippen LogP contribution in [0.15, 0.2) is 24.3 Å². The summed E-state index contributed by atoms with van der Waals surface area (Å²) in [6.07, 6.45) is 0. The summed E-state index contributed by atoms with van der Waals surface area (Å²) in [5.74, 6) is 0.313. The first kappa shape index (κ1) is 9.61. The number of hydrogen-bond acceptors (Lipinski definition) is 4. The lowest BCUT2D eigenvalue weighted by Gasteiger charge is -1.94. The molecule has 17 heavy (non-hydrogen) atoms. The molecule has 0 amide bonds. The number of aromatic nitrogens is 2. The lowest BCUT2D eigenvalue weighted by molar-refractivity contribution is 0.597. The van der Waals surface area contributed by atoms with E-state index in [-0.39, 0.29) is 11.5 Å². The Morgan fingerprint density at radius 2 is 2.06 bits per heavy atom. The minimum Gasteiger partial charge on any atom is -0.286 e. The van der Waals surface area contributed by atoms with E-state index in [1.54, 1.807) is 0 Å². The average molecular weight is 264 g/mol. The second kappa shape index (κ2) is 2.88. The van der Waals surface area contributed by atoms with Gasteiger partial charge in [0.05, 0.1) is 28.2 Å². The first-order chi connectivity index (χ1) is 8.14. The van der Waals surface area contributed by atoms with Crippen LogP contribution in [0.5, 0.6) is 0 Å². The molecule has 1 aromatic carbocycles. The van der Waals surface area contributed by atoms with Gasteiger partial charge in [0.2, 0.25) is 0 Å². The molecule has 0 spiro atoms. The van der Waals surface area contributed by atoms with Crippen molar-refractivity contribution >= 4 is 37.2 Å². The standard InChI is InChI=1S/C11H8N2O2S2/c14-17(15)5-9-10(6-17)16-11-12-7-3-1-2-4-8(7)13(9)11/h1-4H,5-6H2. The molecule has 1 aliphatic heterocycles. The van der Waals surface area contributed by atoms with E-state index >= 15 is 0 Å². The maximum atomic E-state index is 11.6. The molecule has 2 aromatic heterocycles. The van der Waals surface area contributed by atoms with E-state index in [1.807, 2.05) is 28.7 Å². The third kappa shape index (κ3) is 1.22. The van der Waals surface area contributed by atoms with Gasteiger partial charge in [0, 0.05) is 4.88 Å². The van der Waals surface area contributed by atoms with Crippen molar-refractivity contribution in [3.8, 4) is 0 Å². The summed E-state index contributed by atoms with van der Waals surface area (Å²) in [6.45, 7) is 0. The third-order valence-corrected chi connectivity index (χ3v) is 5.75. The summed E-state index contributed by atoms with van der Waals surface area (Å²) in [6, 6.07) is 7.82. The maximum absolute atomic E-state index is 11.6. The number of thiazole rings is 1. The Morgan fingerprint density at radius 1 is 1.24 bits per heavy atom. The van der Waals surface area contributed by atoms with Gasteiger partial charge in [-0.25, -0.2) is 13.4 Å². The van der Waals surface area contributed by atoms with Gasteiger partial charge >= 0.3 is 0 Å². The minimum absolute atomic E-state index is 0.142. The van der Waals surface area contributed by atoms with Gasteiger partial charge in [-0.3, -0.25) is 4.40 Å². The van der Waals surface area contributed by atoms with Crippen LogP contribution in [0.3, 0.4) is 0 Å². The molecule has 0 unspecified atom stereocenters. The Kier molecular flexibility index (Phi) is 1.63. The van der Waals surface area contributed by atoms with Gasteiger partial charge in [-0.05, 0) is 12.1 Å². The number of para-hydroxylation sites is 2. The zero-order valence-corrected chi connectivity index (χ0v) is 10.4. The molecule has 0 N–H and O–H groups in total. The third-order valence-electron chi connectivity index (χ3n) is 3.04. The molecule has 0 saturated carbocycles. The van der Waals surface area contributed by atoms with Crippen molar-refractivity contribution in [1.82, 2.24) is 9.38 Å². The van der Waals surface area contributed by atoms with E-state index in [1.165, 1.54) is 11.3 Å². The monoisotopic (exact) mass is 264 g/mol. The van der Waals surface area contributed by atoms with Crippen molar-refractivity contribution < 1.29 is 8.42 Å². The van der Waals surface area contributed by atoms with Crippen molar-refractivity contribution in [3.63, 3.8) is 0 Å². The molecule has 3 aromatic rings. The highest BCUT2D eigenvalue weighted by Gasteiger charge is 2.30. The van der Waals surface area contributed by atoms with Crippen LogP contribution in [0.2, 0.25) is 0 Å². The van der Waals surface area contributed by atoms with Crippen LogP contribution in [0.25, 0.3) is 16.0 Å². The molecule has 0 bridgehead atoms. The topological polar surface area (TPSA) is 51.4 Å². The molecule has 86 valence electrons. The van der Waals surface area contributed by atoms with Crippen molar-refractivity contribution in [2.45, 2.75) is 11.5 Å². The van der Waals surface area contributed by atoms with Gasteiger partial charge in [0.1, 0.15) is 0 Å². The highest BCUT2D eigenvalue weighted by molar-refractivity contribution is 7.90. The summed E-state index contributed by atoms with van der Waals surface area (Å²) in [5, 5.41) is 0. The van der Waals surface area contributed by atoms with Crippen LogP contribution in [-0.2, 0) is 21.3 Å². The van der Waals surface area contributed by atoms with Crippen LogP contribution >= 0.6 is 11.3 Å². The fourth-order valence-corrected chi connectivity index (χ4v) is 5.54. The quantitative estimate of drug-likeness (QED) is 0.624. The maximum Gasteiger partial charge on any atom is 0.195 e. The van der Waals surface area contributed by atoms with Crippen LogP contribution in [0, 0.1) is 0 Å². The molecule has 0 fully saturated rings. The number of imidazole rings is 1. The molecule has 1 aliphatic rings. The smallest absolute Gasteiger partial charge is 0.195 e. The average Bonchev–Trinajstić information content (AvgIpc) is 2.83.